The van der Waals surface area contributed by atoms with Crippen molar-refractivity contribution in [1.29, 1.82) is 0 Å². The first-order valence-electron chi connectivity index (χ1n) is 9.48. The van der Waals surface area contributed by atoms with Gasteiger partial charge in [-0.05, 0) is 57.0 Å². The van der Waals surface area contributed by atoms with Crippen LogP contribution < -0.4 is 10.9 Å². The number of aromatic nitrogens is 2. The van der Waals surface area contributed by atoms with Gasteiger partial charge in [-0.25, -0.2) is 4.98 Å². The van der Waals surface area contributed by atoms with Gasteiger partial charge < -0.3 is 5.32 Å². The largest absolute Gasteiger partial charge is 0.325 e. The molecule has 0 fully saturated rings. The number of rotatable bonds is 6. The van der Waals surface area contributed by atoms with Crippen LogP contribution in [0.25, 0.3) is 10.9 Å². The monoisotopic (exact) mass is 395 g/mol. The minimum absolute atomic E-state index is 0.0519. The molecular formula is C22H25N3O2S. The number of aryl methyl sites for hydroxylation is 1. The lowest BCUT2D eigenvalue weighted by molar-refractivity contribution is -0.115. The number of nitrogens with zero attached hydrogens (tertiary/aromatic N) is 2. The van der Waals surface area contributed by atoms with Crippen molar-refractivity contribution in [2.75, 3.05) is 5.32 Å². The van der Waals surface area contributed by atoms with E-state index in [2.05, 4.69) is 17.2 Å². The van der Waals surface area contributed by atoms with Crippen molar-refractivity contribution in [3.8, 4) is 0 Å². The van der Waals surface area contributed by atoms with Crippen LogP contribution >= 0.6 is 11.8 Å². The van der Waals surface area contributed by atoms with Gasteiger partial charge in [0.05, 0.1) is 16.2 Å². The van der Waals surface area contributed by atoms with Crippen LogP contribution in [0.2, 0.25) is 0 Å². The normalized spacial score (nSPS) is 12.3. The van der Waals surface area contributed by atoms with Gasteiger partial charge in [-0.15, -0.1) is 0 Å². The number of fused-ring (bicyclic) bond motifs is 1. The molecule has 1 aromatic heterocycles. The molecular weight excluding hydrogens is 370 g/mol. The van der Waals surface area contributed by atoms with Crippen molar-refractivity contribution < 1.29 is 4.79 Å². The standard InChI is InChI=1S/C22H25N3O2S/c1-5-16-10-12-17(13-11-16)23-20(26)15(4)28-22-24-19-9-7-6-8-18(19)21(27)25(22)14(2)3/h6-15H,5H2,1-4H3,(H,23,26). The zero-order valence-corrected chi connectivity index (χ0v) is 17.4. The van der Waals surface area contributed by atoms with E-state index in [-0.39, 0.29) is 17.5 Å². The highest BCUT2D eigenvalue weighted by atomic mass is 32.2. The van der Waals surface area contributed by atoms with Gasteiger partial charge in [0, 0.05) is 11.7 Å². The minimum atomic E-state index is -0.399. The number of carbonyl (C=O) groups excluding carboxylic acids is 1. The summed E-state index contributed by atoms with van der Waals surface area (Å²) in [5.74, 6) is -0.119. The molecule has 1 N–H and O–H groups in total. The SMILES string of the molecule is CCc1ccc(NC(=O)C(C)Sc2nc3ccccc3c(=O)n2C(C)C)cc1. The predicted molar refractivity (Wildman–Crippen MR) is 116 cm³/mol. The number of hydrogen-bond donors (Lipinski definition) is 1. The first kappa shape index (κ1) is 20.1. The first-order chi connectivity index (χ1) is 13.4. The van der Waals surface area contributed by atoms with Crippen LogP contribution in [0.5, 0.6) is 0 Å². The fraction of sp³-hybridized carbons (Fsp3) is 0.318. The third-order valence-electron chi connectivity index (χ3n) is 4.57. The van der Waals surface area contributed by atoms with Crippen molar-refractivity contribution in [3.05, 3.63) is 64.4 Å². The molecule has 6 heteroatoms. The van der Waals surface area contributed by atoms with Gasteiger partial charge >= 0.3 is 0 Å². The highest BCUT2D eigenvalue weighted by molar-refractivity contribution is 8.00. The van der Waals surface area contributed by atoms with Crippen molar-refractivity contribution >= 4 is 34.3 Å². The number of para-hydroxylation sites is 1. The summed E-state index contributed by atoms with van der Waals surface area (Å²) in [5.41, 5.74) is 2.56. The summed E-state index contributed by atoms with van der Waals surface area (Å²) in [6.45, 7) is 7.81. The molecule has 1 amide bonds. The fourth-order valence-corrected chi connectivity index (χ4v) is 3.98. The van der Waals surface area contributed by atoms with Crippen LogP contribution in [0.3, 0.4) is 0 Å². The van der Waals surface area contributed by atoms with Crippen LogP contribution in [0, 0.1) is 0 Å². The highest BCUT2D eigenvalue weighted by Gasteiger charge is 2.20. The Labute approximate surface area is 169 Å². The summed E-state index contributed by atoms with van der Waals surface area (Å²) >= 11 is 1.30. The minimum Gasteiger partial charge on any atom is -0.325 e. The van der Waals surface area contributed by atoms with Crippen molar-refractivity contribution in [2.45, 2.75) is 50.6 Å². The second-order valence-electron chi connectivity index (χ2n) is 6.98. The molecule has 146 valence electrons. The van der Waals surface area contributed by atoms with E-state index in [0.717, 1.165) is 12.1 Å². The average Bonchev–Trinajstić information content (AvgIpc) is 2.68. The Morgan fingerprint density at radius 3 is 2.43 bits per heavy atom. The summed E-state index contributed by atoms with van der Waals surface area (Å²) in [6.07, 6.45) is 0.959. The van der Waals surface area contributed by atoms with Gasteiger partial charge in [-0.3, -0.25) is 14.2 Å². The number of anilines is 1. The molecule has 2 aromatic carbocycles. The Balaban J connectivity index is 1.85. The summed E-state index contributed by atoms with van der Waals surface area (Å²) in [6, 6.07) is 15.1. The molecule has 0 saturated heterocycles. The zero-order valence-electron chi connectivity index (χ0n) is 16.6. The maximum atomic E-state index is 12.9. The summed E-state index contributed by atoms with van der Waals surface area (Å²) in [5, 5.41) is 3.69. The molecule has 1 heterocycles. The van der Waals surface area contributed by atoms with E-state index in [9.17, 15) is 9.59 Å². The Morgan fingerprint density at radius 2 is 1.79 bits per heavy atom. The second kappa shape index (κ2) is 8.61. The Bertz CT molecular complexity index is 1040. The maximum absolute atomic E-state index is 12.9. The average molecular weight is 396 g/mol. The zero-order chi connectivity index (χ0) is 20.3. The number of thioether (sulfide) groups is 1. The topological polar surface area (TPSA) is 64.0 Å². The maximum Gasteiger partial charge on any atom is 0.262 e. The smallest absolute Gasteiger partial charge is 0.262 e. The van der Waals surface area contributed by atoms with Crippen LogP contribution in [-0.2, 0) is 11.2 Å². The molecule has 0 saturated carbocycles. The lowest BCUT2D eigenvalue weighted by Crippen LogP contribution is -2.28. The highest BCUT2D eigenvalue weighted by Crippen LogP contribution is 2.25. The van der Waals surface area contributed by atoms with Crippen molar-refractivity contribution in [3.63, 3.8) is 0 Å². The Morgan fingerprint density at radius 1 is 1.11 bits per heavy atom. The molecule has 5 nitrogen and oxygen atoms in total. The van der Waals surface area contributed by atoms with E-state index in [4.69, 9.17) is 0 Å². The van der Waals surface area contributed by atoms with Gasteiger partial charge in [0.25, 0.3) is 5.56 Å². The predicted octanol–water partition coefficient (Wildman–Crippen LogP) is 4.66. The number of carbonyl (C=O) groups is 1. The third-order valence-corrected chi connectivity index (χ3v) is 5.64. The molecule has 0 aliphatic carbocycles. The van der Waals surface area contributed by atoms with Gasteiger partial charge in [0.15, 0.2) is 5.16 Å². The van der Waals surface area contributed by atoms with E-state index in [1.807, 2.05) is 63.2 Å². The third kappa shape index (κ3) is 4.28. The van der Waals surface area contributed by atoms with Gasteiger partial charge in [-0.2, -0.15) is 0 Å². The molecule has 0 radical (unpaired) electrons. The molecule has 1 atom stereocenters. The van der Waals surface area contributed by atoms with Crippen LogP contribution in [-0.4, -0.2) is 20.7 Å². The van der Waals surface area contributed by atoms with E-state index in [1.165, 1.54) is 17.3 Å². The van der Waals surface area contributed by atoms with Crippen molar-refractivity contribution in [1.82, 2.24) is 9.55 Å². The van der Waals surface area contributed by atoms with Gasteiger partial charge in [0.1, 0.15) is 0 Å². The van der Waals surface area contributed by atoms with E-state index in [1.54, 1.807) is 10.6 Å². The Kier molecular flexibility index (Phi) is 6.19. The summed E-state index contributed by atoms with van der Waals surface area (Å²) in [7, 11) is 0. The van der Waals surface area contributed by atoms with Crippen LogP contribution in [0.1, 0.15) is 39.3 Å². The summed E-state index contributed by atoms with van der Waals surface area (Å²) < 4.78 is 1.66. The molecule has 0 aliphatic heterocycles. The fourth-order valence-electron chi connectivity index (χ4n) is 2.94. The van der Waals surface area contributed by atoms with Crippen molar-refractivity contribution in [2.24, 2.45) is 0 Å². The number of nitrogens with one attached hydrogen (secondary N) is 1. The molecule has 1 unspecified atom stereocenters. The molecule has 0 bridgehead atoms. The molecule has 0 spiro atoms. The lowest BCUT2D eigenvalue weighted by Gasteiger charge is -2.18. The van der Waals surface area contributed by atoms with Crippen LogP contribution in [0.15, 0.2) is 58.5 Å². The van der Waals surface area contributed by atoms with Gasteiger partial charge in [-0.1, -0.05) is 43.0 Å². The second-order valence-corrected chi connectivity index (χ2v) is 8.29. The van der Waals surface area contributed by atoms with Crippen LogP contribution in [0.4, 0.5) is 5.69 Å². The summed E-state index contributed by atoms with van der Waals surface area (Å²) in [4.78, 5) is 30.2. The van der Waals surface area contributed by atoms with E-state index >= 15 is 0 Å². The number of hydrogen-bond acceptors (Lipinski definition) is 4. The first-order valence-corrected chi connectivity index (χ1v) is 10.4. The molecule has 3 rings (SSSR count). The lowest BCUT2D eigenvalue weighted by atomic mass is 10.1. The van der Waals surface area contributed by atoms with E-state index < -0.39 is 5.25 Å². The quantitative estimate of drug-likeness (QED) is 0.487. The number of benzene rings is 2. The number of amides is 1. The molecule has 3 aromatic rings. The molecule has 28 heavy (non-hydrogen) atoms. The Hall–Kier alpha value is -2.60. The molecule has 0 aliphatic rings. The van der Waals surface area contributed by atoms with E-state index in [0.29, 0.717) is 16.1 Å². The van der Waals surface area contributed by atoms with Gasteiger partial charge in [0.2, 0.25) is 5.91 Å².